The van der Waals surface area contributed by atoms with Gasteiger partial charge in [0.05, 0.1) is 18.8 Å². The molecule has 0 bridgehead atoms. The van der Waals surface area contributed by atoms with Gasteiger partial charge in [-0.2, -0.15) is 0 Å². The van der Waals surface area contributed by atoms with Gasteiger partial charge in [0, 0.05) is 18.7 Å². The topological polar surface area (TPSA) is 49.5 Å². The van der Waals surface area contributed by atoms with Crippen molar-refractivity contribution in [1.29, 1.82) is 0 Å². The second-order valence-electron chi connectivity index (χ2n) is 3.64. The predicted molar refractivity (Wildman–Crippen MR) is 59.6 cm³/mol. The van der Waals surface area contributed by atoms with E-state index in [9.17, 15) is 17.6 Å². The van der Waals surface area contributed by atoms with E-state index < -0.39 is 31.2 Å². The van der Waals surface area contributed by atoms with Gasteiger partial charge in [0.15, 0.2) is 11.6 Å². The van der Waals surface area contributed by atoms with Crippen molar-refractivity contribution in [3.8, 4) is 0 Å². The Bertz CT molecular complexity index is 401. The van der Waals surface area contributed by atoms with Gasteiger partial charge >= 0.3 is 0 Å². The molecule has 0 saturated heterocycles. The van der Waals surface area contributed by atoms with Gasteiger partial charge in [0.25, 0.3) is 6.43 Å². The maximum atomic E-state index is 13.7. The van der Waals surface area contributed by atoms with Crippen LogP contribution in [-0.4, -0.2) is 31.2 Å². The SMILES string of the molecule is NCc1ccc(N(CCO)CC(F)F)c(F)c1F. The Labute approximate surface area is 102 Å². The summed E-state index contributed by atoms with van der Waals surface area (Å²) in [6, 6.07) is 2.42. The molecule has 3 N–H and O–H groups in total. The zero-order chi connectivity index (χ0) is 13.7. The summed E-state index contributed by atoms with van der Waals surface area (Å²) in [5.41, 5.74) is 4.87. The molecule has 1 rings (SSSR count). The minimum atomic E-state index is -2.71. The van der Waals surface area contributed by atoms with Crippen LogP contribution in [0.3, 0.4) is 0 Å². The Morgan fingerprint density at radius 3 is 2.39 bits per heavy atom. The molecule has 102 valence electrons. The number of rotatable bonds is 6. The first-order chi connectivity index (χ1) is 8.51. The molecule has 0 saturated carbocycles. The molecule has 0 aliphatic heterocycles. The van der Waals surface area contributed by atoms with Crippen LogP contribution in [0, 0.1) is 11.6 Å². The van der Waals surface area contributed by atoms with Gasteiger partial charge in [-0.3, -0.25) is 0 Å². The summed E-state index contributed by atoms with van der Waals surface area (Å²) in [6.07, 6.45) is -2.71. The molecule has 18 heavy (non-hydrogen) atoms. The molecule has 0 spiro atoms. The third kappa shape index (κ3) is 3.33. The highest BCUT2D eigenvalue weighted by Crippen LogP contribution is 2.24. The molecule has 0 amide bonds. The number of anilines is 1. The standard InChI is InChI=1S/C11H14F4N2O/c12-9(13)6-17(3-4-18)8-2-1-7(5-16)10(14)11(8)15/h1-2,9,18H,3-6,16H2. The lowest BCUT2D eigenvalue weighted by Gasteiger charge is -2.24. The monoisotopic (exact) mass is 266 g/mol. The van der Waals surface area contributed by atoms with Crippen LogP contribution >= 0.6 is 0 Å². The lowest BCUT2D eigenvalue weighted by Crippen LogP contribution is -2.32. The molecule has 0 aromatic heterocycles. The highest BCUT2D eigenvalue weighted by molar-refractivity contribution is 5.50. The van der Waals surface area contributed by atoms with Crippen molar-refractivity contribution >= 4 is 5.69 Å². The highest BCUT2D eigenvalue weighted by Gasteiger charge is 2.19. The Morgan fingerprint density at radius 2 is 1.89 bits per heavy atom. The van der Waals surface area contributed by atoms with E-state index in [2.05, 4.69) is 0 Å². The number of halogens is 4. The van der Waals surface area contributed by atoms with E-state index in [0.717, 1.165) is 4.90 Å². The molecule has 0 atom stereocenters. The summed E-state index contributed by atoms with van der Waals surface area (Å²) in [6.45, 7) is -1.61. The van der Waals surface area contributed by atoms with E-state index >= 15 is 0 Å². The van der Waals surface area contributed by atoms with Crippen molar-refractivity contribution in [2.45, 2.75) is 13.0 Å². The maximum absolute atomic E-state index is 13.7. The average Bonchev–Trinajstić information content (AvgIpc) is 2.31. The highest BCUT2D eigenvalue weighted by atomic mass is 19.3. The molecule has 0 heterocycles. The molecular weight excluding hydrogens is 252 g/mol. The number of hydrogen-bond donors (Lipinski definition) is 2. The number of alkyl halides is 2. The number of aliphatic hydroxyl groups is 1. The summed E-state index contributed by atoms with van der Waals surface area (Å²) >= 11 is 0. The largest absolute Gasteiger partial charge is 0.395 e. The summed E-state index contributed by atoms with van der Waals surface area (Å²) < 4.78 is 51.8. The third-order valence-electron chi connectivity index (χ3n) is 2.43. The van der Waals surface area contributed by atoms with Crippen LogP contribution < -0.4 is 10.6 Å². The molecule has 0 aliphatic carbocycles. The van der Waals surface area contributed by atoms with Crippen LogP contribution in [-0.2, 0) is 6.54 Å². The summed E-state index contributed by atoms with van der Waals surface area (Å²) in [4.78, 5) is 0.892. The molecule has 3 nitrogen and oxygen atoms in total. The Hall–Kier alpha value is -1.34. The van der Waals surface area contributed by atoms with Crippen molar-refractivity contribution in [3.63, 3.8) is 0 Å². The van der Waals surface area contributed by atoms with E-state index in [4.69, 9.17) is 10.8 Å². The molecular formula is C11H14F4N2O. The van der Waals surface area contributed by atoms with Crippen LogP contribution in [0.4, 0.5) is 23.2 Å². The Kier molecular flexibility index (Phi) is 5.36. The van der Waals surface area contributed by atoms with Gasteiger partial charge in [0.1, 0.15) is 0 Å². The van der Waals surface area contributed by atoms with Gasteiger partial charge in [-0.15, -0.1) is 0 Å². The van der Waals surface area contributed by atoms with Crippen LogP contribution in [0.2, 0.25) is 0 Å². The smallest absolute Gasteiger partial charge is 0.255 e. The van der Waals surface area contributed by atoms with Crippen molar-refractivity contribution < 1.29 is 22.7 Å². The van der Waals surface area contributed by atoms with E-state index in [-0.39, 0.29) is 24.3 Å². The minimum absolute atomic E-state index is 0.0303. The Balaban J connectivity index is 3.08. The predicted octanol–water partition coefficient (Wildman–Crippen LogP) is 1.49. The van der Waals surface area contributed by atoms with Crippen molar-refractivity contribution in [3.05, 3.63) is 29.3 Å². The lowest BCUT2D eigenvalue weighted by atomic mass is 10.1. The van der Waals surface area contributed by atoms with E-state index in [0.29, 0.717) is 0 Å². The first-order valence-corrected chi connectivity index (χ1v) is 5.32. The second-order valence-corrected chi connectivity index (χ2v) is 3.64. The number of nitrogens with two attached hydrogens (primary N) is 1. The van der Waals surface area contributed by atoms with Gasteiger partial charge in [-0.05, 0) is 6.07 Å². The van der Waals surface area contributed by atoms with E-state index in [1.54, 1.807) is 0 Å². The fourth-order valence-corrected chi connectivity index (χ4v) is 1.58. The molecule has 0 unspecified atom stereocenters. The molecule has 0 radical (unpaired) electrons. The number of hydrogen-bond acceptors (Lipinski definition) is 3. The van der Waals surface area contributed by atoms with E-state index in [1.807, 2.05) is 0 Å². The second kappa shape index (κ2) is 6.55. The third-order valence-corrected chi connectivity index (χ3v) is 2.43. The maximum Gasteiger partial charge on any atom is 0.255 e. The number of benzene rings is 1. The molecule has 7 heteroatoms. The van der Waals surface area contributed by atoms with Gasteiger partial charge in [0.2, 0.25) is 0 Å². The number of nitrogens with zero attached hydrogens (tertiary/aromatic N) is 1. The van der Waals surface area contributed by atoms with Crippen molar-refractivity contribution in [1.82, 2.24) is 0 Å². The first-order valence-electron chi connectivity index (χ1n) is 5.32. The van der Waals surface area contributed by atoms with Crippen LogP contribution in [0.15, 0.2) is 12.1 Å². The Morgan fingerprint density at radius 1 is 1.22 bits per heavy atom. The zero-order valence-corrected chi connectivity index (χ0v) is 9.54. The zero-order valence-electron chi connectivity index (χ0n) is 9.54. The summed E-state index contributed by atoms with van der Waals surface area (Å²) in [5.74, 6) is -2.38. The first kappa shape index (κ1) is 14.7. The van der Waals surface area contributed by atoms with Crippen molar-refractivity contribution in [2.24, 2.45) is 5.73 Å². The van der Waals surface area contributed by atoms with Gasteiger partial charge in [-0.1, -0.05) is 6.07 Å². The van der Waals surface area contributed by atoms with Gasteiger partial charge < -0.3 is 15.7 Å². The van der Waals surface area contributed by atoms with E-state index in [1.165, 1.54) is 12.1 Å². The molecule has 0 fully saturated rings. The molecule has 1 aromatic rings. The summed E-state index contributed by atoms with van der Waals surface area (Å²) in [5, 5.41) is 8.75. The van der Waals surface area contributed by atoms with Crippen LogP contribution in [0.25, 0.3) is 0 Å². The van der Waals surface area contributed by atoms with Crippen LogP contribution in [0.1, 0.15) is 5.56 Å². The fourth-order valence-electron chi connectivity index (χ4n) is 1.58. The fraction of sp³-hybridized carbons (Fsp3) is 0.455. The number of aliphatic hydroxyl groups excluding tert-OH is 1. The van der Waals surface area contributed by atoms with Crippen molar-refractivity contribution in [2.75, 3.05) is 24.6 Å². The summed E-state index contributed by atoms with van der Waals surface area (Å²) in [7, 11) is 0. The normalized spacial score (nSPS) is 11.1. The van der Waals surface area contributed by atoms with Crippen LogP contribution in [0.5, 0.6) is 0 Å². The van der Waals surface area contributed by atoms with Gasteiger partial charge in [-0.25, -0.2) is 17.6 Å². The lowest BCUT2D eigenvalue weighted by molar-refractivity contribution is 0.152. The quantitative estimate of drug-likeness (QED) is 0.767. The average molecular weight is 266 g/mol. The minimum Gasteiger partial charge on any atom is -0.395 e. The molecule has 0 aliphatic rings. The molecule has 1 aromatic carbocycles.